The number of aliphatic carboxylic acids is 1. The van der Waals surface area contributed by atoms with Crippen molar-refractivity contribution in [1.29, 1.82) is 0 Å². The Kier molecular flexibility index (Phi) is 4.06. The molecule has 0 aliphatic carbocycles. The molecule has 1 aliphatic heterocycles. The molecule has 0 spiro atoms. The Morgan fingerprint density at radius 3 is 2.67 bits per heavy atom. The average molecular weight is 293 g/mol. The number of rotatable bonds is 5. The second-order valence-corrected chi connectivity index (χ2v) is 5.77. The molecule has 1 aromatic rings. The van der Waals surface area contributed by atoms with Crippen LogP contribution in [0.1, 0.15) is 38.8 Å². The molecule has 0 fully saturated rings. The van der Waals surface area contributed by atoms with E-state index in [1.54, 1.807) is 6.07 Å². The van der Waals surface area contributed by atoms with Gasteiger partial charge in [-0.2, -0.15) is 0 Å². The fourth-order valence-electron chi connectivity index (χ4n) is 2.04. The third-order valence-electron chi connectivity index (χ3n) is 3.46. The standard InChI is InChI=1S/C15H19NO5/c1-9(16-13(17)7-15(2,3)14(18)19)10-4-5-11-12(6-10)21-8-20-11/h4-6,9H,7-8H2,1-3H3,(H,16,17)(H,18,19). The van der Waals surface area contributed by atoms with Gasteiger partial charge in [0, 0.05) is 6.42 Å². The molecule has 0 saturated carbocycles. The van der Waals surface area contributed by atoms with Gasteiger partial charge in [0.2, 0.25) is 12.7 Å². The van der Waals surface area contributed by atoms with Gasteiger partial charge in [0.25, 0.3) is 0 Å². The molecule has 6 nitrogen and oxygen atoms in total. The molecule has 21 heavy (non-hydrogen) atoms. The van der Waals surface area contributed by atoms with Crippen LogP contribution in [0.2, 0.25) is 0 Å². The van der Waals surface area contributed by atoms with Crippen molar-refractivity contribution < 1.29 is 24.2 Å². The predicted octanol–water partition coefficient (Wildman–Crippen LogP) is 2.09. The maximum Gasteiger partial charge on any atom is 0.309 e. The summed E-state index contributed by atoms with van der Waals surface area (Å²) in [6.07, 6.45) is -0.0722. The summed E-state index contributed by atoms with van der Waals surface area (Å²) in [4.78, 5) is 23.0. The molecule has 1 aromatic carbocycles. The highest BCUT2D eigenvalue weighted by molar-refractivity contribution is 5.84. The van der Waals surface area contributed by atoms with Crippen molar-refractivity contribution in [3.8, 4) is 11.5 Å². The molecule has 1 amide bonds. The van der Waals surface area contributed by atoms with Crippen LogP contribution in [0.25, 0.3) is 0 Å². The lowest BCUT2D eigenvalue weighted by Gasteiger charge is -2.21. The van der Waals surface area contributed by atoms with Crippen molar-refractivity contribution in [2.45, 2.75) is 33.2 Å². The third kappa shape index (κ3) is 3.45. The molecular weight excluding hydrogens is 274 g/mol. The van der Waals surface area contributed by atoms with E-state index in [9.17, 15) is 9.59 Å². The number of fused-ring (bicyclic) bond motifs is 1. The quantitative estimate of drug-likeness (QED) is 0.868. The summed E-state index contributed by atoms with van der Waals surface area (Å²) in [6, 6.07) is 5.22. The van der Waals surface area contributed by atoms with Gasteiger partial charge in [-0.1, -0.05) is 6.07 Å². The minimum absolute atomic E-state index is 0.0722. The minimum Gasteiger partial charge on any atom is -0.481 e. The van der Waals surface area contributed by atoms with E-state index < -0.39 is 11.4 Å². The first kappa shape index (κ1) is 15.2. The van der Waals surface area contributed by atoms with Gasteiger partial charge in [0.05, 0.1) is 11.5 Å². The van der Waals surface area contributed by atoms with E-state index in [0.717, 1.165) is 5.56 Å². The van der Waals surface area contributed by atoms with Crippen LogP contribution in [0, 0.1) is 5.41 Å². The number of carboxylic acid groups (broad SMARTS) is 1. The largest absolute Gasteiger partial charge is 0.481 e. The number of benzene rings is 1. The molecule has 0 bridgehead atoms. The lowest BCUT2D eigenvalue weighted by molar-refractivity contribution is -0.149. The Labute approximate surface area is 123 Å². The Morgan fingerprint density at radius 1 is 1.33 bits per heavy atom. The second kappa shape index (κ2) is 5.63. The van der Waals surface area contributed by atoms with Gasteiger partial charge in [0.1, 0.15) is 0 Å². The molecule has 1 heterocycles. The van der Waals surface area contributed by atoms with Crippen LogP contribution < -0.4 is 14.8 Å². The second-order valence-electron chi connectivity index (χ2n) is 5.77. The Balaban J connectivity index is 1.99. The van der Waals surface area contributed by atoms with E-state index in [2.05, 4.69) is 5.32 Å². The highest BCUT2D eigenvalue weighted by atomic mass is 16.7. The summed E-state index contributed by atoms with van der Waals surface area (Å²) in [6.45, 7) is 5.09. The molecule has 1 atom stereocenters. The van der Waals surface area contributed by atoms with Crippen LogP contribution in [0.5, 0.6) is 11.5 Å². The first-order chi connectivity index (χ1) is 9.79. The van der Waals surface area contributed by atoms with Gasteiger partial charge in [0.15, 0.2) is 11.5 Å². The van der Waals surface area contributed by atoms with Crippen molar-refractivity contribution >= 4 is 11.9 Å². The molecule has 0 saturated heterocycles. The zero-order valence-corrected chi connectivity index (χ0v) is 12.3. The Bertz CT molecular complexity index is 567. The lowest BCUT2D eigenvalue weighted by Crippen LogP contribution is -2.34. The van der Waals surface area contributed by atoms with Gasteiger partial charge in [-0.3, -0.25) is 9.59 Å². The van der Waals surface area contributed by atoms with Crippen molar-refractivity contribution in [3.05, 3.63) is 23.8 Å². The van der Waals surface area contributed by atoms with Gasteiger partial charge >= 0.3 is 5.97 Å². The molecular formula is C15H19NO5. The minimum atomic E-state index is -1.08. The summed E-state index contributed by atoms with van der Waals surface area (Å²) in [5, 5.41) is 11.8. The average Bonchev–Trinajstić information content (AvgIpc) is 2.84. The van der Waals surface area contributed by atoms with Crippen molar-refractivity contribution in [2.75, 3.05) is 6.79 Å². The molecule has 0 aromatic heterocycles. The van der Waals surface area contributed by atoms with Crippen LogP contribution in [0.15, 0.2) is 18.2 Å². The number of hydrogen-bond acceptors (Lipinski definition) is 4. The number of hydrogen-bond donors (Lipinski definition) is 2. The molecule has 1 aliphatic rings. The van der Waals surface area contributed by atoms with Crippen LogP contribution in [-0.4, -0.2) is 23.8 Å². The first-order valence-electron chi connectivity index (χ1n) is 6.72. The monoisotopic (exact) mass is 293 g/mol. The number of amides is 1. The summed E-state index contributed by atoms with van der Waals surface area (Å²) in [7, 11) is 0. The van der Waals surface area contributed by atoms with E-state index in [1.807, 2.05) is 19.1 Å². The third-order valence-corrected chi connectivity index (χ3v) is 3.46. The molecule has 1 unspecified atom stereocenters. The number of carboxylic acids is 1. The first-order valence-corrected chi connectivity index (χ1v) is 6.72. The summed E-state index contributed by atoms with van der Waals surface area (Å²) in [5.41, 5.74) is -0.209. The maximum absolute atomic E-state index is 12.0. The molecule has 6 heteroatoms. The van der Waals surface area contributed by atoms with Gasteiger partial charge in [-0.05, 0) is 38.5 Å². The van der Waals surface area contributed by atoms with Gasteiger partial charge in [-0.15, -0.1) is 0 Å². The van der Waals surface area contributed by atoms with Crippen LogP contribution >= 0.6 is 0 Å². The summed E-state index contributed by atoms with van der Waals surface area (Å²) in [5.74, 6) is 0.0460. The molecule has 114 valence electrons. The number of ether oxygens (including phenoxy) is 2. The van der Waals surface area contributed by atoms with Crippen LogP contribution in [-0.2, 0) is 9.59 Å². The van der Waals surface area contributed by atoms with Crippen molar-refractivity contribution in [1.82, 2.24) is 5.32 Å². The van der Waals surface area contributed by atoms with E-state index in [1.165, 1.54) is 13.8 Å². The van der Waals surface area contributed by atoms with E-state index in [4.69, 9.17) is 14.6 Å². The highest BCUT2D eigenvalue weighted by Gasteiger charge is 2.30. The fourth-order valence-corrected chi connectivity index (χ4v) is 2.04. The number of carbonyl (C=O) groups excluding carboxylic acids is 1. The predicted molar refractivity (Wildman–Crippen MR) is 75.2 cm³/mol. The topological polar surface area (TPSA) is 84.9 Å². The smallest absolute Gasteiger partial charge is 0.309 e. The van der Waals surface area contributed by atoms with Gasteiger partial charge < -0.3 is 19.9 Å². The Morgan fingerprint density at radius 2 is 2.00 bits per heavy atom. The van der Waals surface area contributed by atoms with E-state index >= 15 is 0 Å². The van der Waals surface area contributed by atoms with Gasteiger partial charge in [-0.25, -0.2) is 0 Å². The summed E-state index contributed by atoms with van der Waals surface area (Å²) >= 11 is 0. The maximum atomic E-state index is 12.0. The normalized spacial score (nSPS) is 14.6. The number of nitrogens with one attached hydrogen (secondary N) is 1. The van der Waals surface area contributed by atoms with Crippen LogP contribution in [0.4, 0.5) is 0 Å². The zero-order chi connectivity index (χ0) is 15.6. The van der Waals surface area contributed by atoms with Crippen molar-refractivity contribution in [3.63, 3.8) is 0 Å². The SMILES string of the molecule is CC(NC(=O)CC(C)(C)C(=O)O)c1ccc2c(c1)OCO2. The van der Waals surface area contributed by atoms with Crippen LogP contribution in [0.3, 0.4) is 0 Å². The van der Waals surface area contributed by atoms with E-state index in [-0.39, 0.29) is 25.2 Å². The molecule has 2 rings (SSSR count). The van der Waals surface area contributed by atoms with Crippen molar-refractivity contribution in [2.24, 2.45) is 5.41 Å². The zero-order valence-electron chi connectivity index (χ0n) is 12.3. The summed E-state index contributed by atoms with van der Waals surface area (Å²) < 4.78 is 10.5. The fraction of sp³-hybridized carbons (Fsp3) is 0.467. The number of carbonyl (C=O) groups is 2. The van der Waals surface area contributed by atoms with E-state index in [0.29, 0.717) is 11.5 Å². The lowest BCUT2D eigenvalue weighted by atomic mass is 9.89. The molecule has 2 N–H and O–H groups in total. The molecule has 0 radical (unpaired) electrons. The highest BCUT2D eigenvalue weighted by Crippen LogP contribution is 2.34. The Hall–Kier alpha value is -2.24.